The number of rotatable bonds is 5. The van der Waals surface area contributed by atoms with Crippen LogP contribution in [0.1, 0.15) is 72.6 Å². The average molecular weight is 480 g/mol. The number of amides is 1. The minimum Gasteiger partial charge on any atom is -0.354 e. The van der Waals surface area contributed by atoms with E-state index in [1.807, 2.05) is 0 Å². The van der Waals surface area contributed by atoms with E-state index in [0.29, 0.717) is 18.1 Å². The molecule has 1 amide bonds. The maximum Gasteiger partial charge on any atom is 0.244 e. The molecule has 1 aliphatic carbocycles. The van der Waals surface area contributed by atoms with Crippen molar-refractivity contribution < 1.29 is 13.2 Å². The van der Waals surface area contributed by atoms with Crippen LogP contribution in [-0.2, 0) is 14.8 Å². The zero-order valence-corrected chi connectivity index (χ0v) is 18.3. The van der Waals surface area contributed by atoms with Gasteiger partial charge in [0.25, 0.3) is 0 Å². The van der Waals surface area contributed by atoms with Crippen molar-refractivity contribution in [3.05, 3.63) is 28.2 Å². The first-order valence-electron chi connectivity index (χ1n) is 10.1. The minimum absolute atomic E-state index is 0. The standard InChI is InChI=1S/C20H28Cl2N2O3S.2CH4/c21-16-10-11-19(18(22)13-16)28(26,27)24-12-6-9-17(24)14-23-20(25)15-7-4-2-1-3-5-8-15;;/h10-11,13,15,17H,1-9,12,14H2,(H,23,25);2*1H4. The van der Waals surface area contributed by atoms with Gasteiger partial charge >= 0.3 is 0 Å². The summed E-state index contributed by atoms with van der Waals surface area (Å²) in [5, 5.41) is 3.54. The Balaban J connectivity index is 0.00000225. The lowest BCUT2D eigenvalue weighted by Crippen LogP contribution is -2.44. The molecule has 0 aromatic heterocycles. The summed E-state index contributed by atoms with van der Waals surface area (Å²) in [6.07, 6.45) is 9.20. The van der Waals surface area contributed by atoms with Crippen LogP contribution in [-0.4, -0.2) is 37.8 Å². The van der Waals surface area contributed by atoms with Crippen molar-refractivity contribution in [1.29, 1.82) is 0 Å². The molecule has 1 aromatic carbocycles. The zero-order valence-electron chi connectivity index (χ0n) is 16.0. The number of nitrogens with zero attached hydrogens (tertiary/aromatic N) is 1. The Morgan fingerprint density at radius 1 is 1.00 bits per heavy atom. The predicted octanol–water partition coefficient (Wildman–Crippen LogP) is 5.90. The van der Waals surface area contributed by atoms with E-state index < -0.39 is 10.0 Å². The molecular formula is C22H36Cl2N2O3S. The fraction of sp³-hybridized carbons (Fsp3) is 0.682. The van der Waals surface area contributed by atoms with E-state index in [1.165, 1.54) is 41.8 Å². The van der Waals surface area contributed by atoms with Gasteiger partial charge in [0, 0.05) is 30.1 Å². The second-order valence-electron chi connectivity index (χ2n) is 7.77. The molecule has 5 nitrogen and oxygen atoms in total. The molecule has 3 rings (SSSR count). The van der Waals surface area contributed by atoms with E-state index in [9.17, 15) is 13.2 Å². The highest BCUT2D eigenvalue weighted by molar-refractivity contribution is 7.89. The molecule has 1 aliphatic heterocycles. The Morgan fingerprint density at radius 3 is 2.27 bits per heavy atom. The molecule has 1 atom stereocenters. The summed E-state index contributed by atoms with van der Waals surface area (Å²) in [4.78, 5) is 12.7. The van der Waals surface area contributed by atoms with Crippen LogP contribution in [0, 0.1) is 5.92 Å². The summed E-state index contributed by atoms with van der Waals surface area (Å²) in [5.74, 6) is 0.119. The smallest absolute Gasteiger partial charge is 0.244 e. The molecule has 1 saturated carbocycles. The van der Waals surface area contributed by atoms with Crippen LogP contribution < -0.4 is 5.32 Å². The minimum atomic E-state index is -3.73. The first-order chi connectivity index (χ1) is 13.4. The third kappa shape index (κ3) is 6.59. The fourth-order valence-corrected chi connectivity index (χ4v) is 6.66. The Labute approximate surface area is 192 Å². The van der Waals surface area contributed by atoms with Gasteiger partial charge in [0.05, 0.1) is 5.02 Å². The molecule has 1 saturated heterocycles. The number of halogens is 2. The molecule has 1 heterocycles. The molecule has 2 aliphatic rings. The lowest BCUT2D eigenvalue weighted by Gasteiger charge is -2.26. The van der Waals surface area contributed by atoms with E-state index in [4.69, 9.17) is 23.2 Å². The maximum absolute atomic E-state index is 13.1. The Hall–Kier alpha value is -0.820. The van der Waals surface area contributed by atoms with Gasteiger partial charge in [-0.15, -0.1) is 0 Å². The number of nitrogens with one attached hydrogen (secondary N) is 1. The number of benzene rings is 1. The molecule has 1 unspecified atom stereocenters. The molecular weight excluding hydrogens is 443 g/mol. The van der Waals surface area contributed by atoms with Gasteiger partial charge < -0.3 is 5.32 Å². The number of hydrogen-bond donors (Lipinski definition) is 1. The van der Waals surface area contributed by atoms with Crippen molar-refractivity contribution in [2.24, 2.45) is 5.92 Å². The second-order valence-corrected chi connectivity index (χ2v) is 10.5. The lowest BCUT2D eigenvalue weighted by atomic mass is 9.90. The molecule has 0 radical (unpaired) electrons. The van der Waals surface area contributed by atoms with E-state index in [-0.39, 0.29) is 42.6 Å². The number of carbonyl (C=O) groups is 1. The fourth-order valence-electron chi connectivity index (χ4n) is 4.22. The zero-order chi connectivity index (χ0) is 20.1. The molecule has 0 bridgehead atoms. The van der Waals surface area contributed by atoms with E-state index in [0.717, 1.165) is 38.5 Å². The molecule has 1 aromatic rings. The van der Waals surface area contributed by atoms with Crippen LogP contribution >= 0.6 is 23.2 Å². The van der Waals surface area contributed by atoms with Crippen molar-refractivity contribution in [3.8, 4) is 0 Å². The van der Waals surface area contributed by atoms with Crippen LogP contribution in [0.2, 0.25) is 10.0 Å². The summed E-state index contributed by atoms with van der Waals surface area (Å²) < 4.78 is 27.7. The normalized spacial score (nSPS) is 21.1. The third-order valence-electron chi connectivity index (χ3n) is 5.79. The number of hydrogen-bond acceptors (Lipinski definition) is 3. The van der Waals surface area contributed by atoms with Crippen LogP contribution in [0.25, 0.3) is 0 Å². The molecule has 8 heteroatoms. The van der Waals surface area contributed by atoms with Crippen molar-refractivity contribution >= 4 is 39.1 Å². The van der Waals surface area contributed by atoms with Gasteiger partial charge in [-0.2, -0.15) is 4.31 Å². The predicted molar refractivity (Wildman–Crippen MR) is 126 cm³/mol. The SMILES string of the molecule is C.C.O=C(NCC1CCCN1S(=O)(=O)c1ccc(Cl)cc1Cl)C1CCCCCCC1. The van der Waals surface area contributed by atoms with Crippen molar-refractivity contribution in [1.82, 2.24) is 9.62 Å². The Morgan fingerprint density at radius 2 is 1.63 bits per heavy atom. The van der Waals surface area contributed by atoms with E-state index >= 15 is 0 Å². The van der Waals surface area contributed by atoms with Crippen molar-refractivity contribution in [3.63, 3.8) is 0 Å². The van der Waals surface area contributed by atoms with Gasteiger partial charge in [-0.1, -0.05) is 70.2 Å². The largest absolute Gasteiger partial charge is 0.354 e. The molecule has 1 N–H and O–H groups in total. The van der Waals surface area contributed by atoms with E-state index in [2.05, 4.69) is 5.32 Å². The van der Waals surface area contributed by atoms with Gasteiger partial charge in [-0.05, 0) is 43.9 Å². The number of sulfonamides is 1. The highest BCUT2D eigenvalue weighted by atomic mass is 35.5. The average Bonchev–Trinajstić information content (AvgIpc) is 3.08. The summed E-state index contributed by atoms with van der Waals surface area (Å²) in [6.45, 7) is 0.783. The first kappa shape index (κ1) is 27.2. The Bertz CT molecular complexity index is 794. The van der Waals surface area contributed by atoms with Gasteiger partial charge in [0.15, 0.2) is 0 Å². The van der Waals surface area contributed by atoms with Crippen LogP contribution in [0.3, 0.4) is 0 Å². The van der Waals surface area contributed by atoms with E-state index in [1.54, 1.807) is 0 Å². The maximum atomic E-state index is 13.1. The monoisotopic (exact) mass is 478 g/mol. The third-order valence-corrected chi connectivity index (χ3v) is 8.46. The van der Waals surface area contributed by atoms with Gasteiger partial charge in [0.1, 0.15) is 4.90 Å². The van der Waals surface area contributed by atoms with Crippen molar-refractivity contribution in [2.75, 3.05) is 13.1 Å². The summed E-state index contributed by atoms with van der Waals surface area (Å²) in [7, 11) is -3.73. The first-order valence-corrected chi connectivity index (χ1v) is 12.3. The molecule has 2 fully saturated rings. The summed E-state index contributed by atoms with van der Waals surface area (Å²) in [5.41, 5.74) is 0. The molecule has 172 valence electrons. The molecule has 0 spiro atoms. The van der Waals surface area contributed by atoms with Crippen LogP contribution in [0.15, 0.2) is 23.1 Å². The van der Waals surface area contributed by atoms with Crippen LogP contribution in [0.4, 0.5) is 0 Å². The summed E-state index contributed by atoms with van der Waals surface area (Å²) in [6, 6.07) is 4.18. The quantitative estimate of drug-likeness (QED) is 0.572. The van der Waals surface area contributed by atoms with Gasteiger partial charge in [-0.25, -0.2) is 8.42 Å². The van der Waals surface area contributed by atoms with Crippen molar-refractivity contribution in [2.45, 2.75) is 83.6 Å². The Kier molecular flexibility index (Phi) is 11.1. The van der Waals surface area contributed by atoms with Crippen LogP contribution in [0.5, 0.6) is 0 Å². The summed E-state index contributed by atoms with van der Waals surface area (Å²) >= 11 is 12.0. The topological polar surface area (TPSA) is 66.5 Å². The lowest BCUT2D eigenvalue weighted by molar-refractivity contribution is -0.125. The highest BCUT2D eigenvalue weighted by Gasteiger charge is 2.36. The second kappa shape index (κ2) is 12.3. The highest BCUT2D eigenvalue weighted by Crippen LogP contribution is 2.31. The molecule has 30 heavy (non-hydrogen) atoms. The van der Waals surface area contributed by atoms with Gasteiger partial charge in [-0.3, -0.25) is 4.79 Å². The van der Waals surface area contributed by atoms with Gasteiger partial charge in [0.2, 0.25) is 15.9 Å². The number of carbonyl (C=O) groups excluding carboxylic acids is 1.